The van der Waals surface area contributed by atoms with Gasteiger partial charge < -0.3 is 5.32 Å². The molecule has 0 fully saturated rings. The fourth-order valence-corrected chi connectivity index (χ4v) is 6.15. The molecule has 11 heteroatoms. The molecule has 0 aliphatic heterocycles. The van der Waals surface area contributed by atoms with Gasteiger partial charge in [-0.25, -0.2) is 16.8 Å². The van der Waals surface area contributed by atoms with Crippen molar-refractivity contribution in [3.8, 4) is 0 Å². The normalized spacial score (nSPS) is 11.6. The highest BCUT2D eigenvalue weighted by Gasteiger charge is 2.19. The zero-order valence-corrected chi connectivity index (χ0v) is 23.7. The monoisotopic (exact) mass is 583 g/mol. The number of aryl methyl sites for hydroxylation is 2. The van der Waals surface area contributed by atoms with Gasteiger partial charge in [0, 0.05) is 16.3 Å². The van der Waals surface area contributed by atoms with Gasteiger partial charge in [-0.05, 0) is 92.6 Å². The van der Waals surface area contributed by atoms with Gasteiger partial charge in [0.15, 0.2) is 0 Å². The number of carbonyl (C=O) groups excluding carboxylic acids is 1. The summed E-state index contributed by atoms with van der Waals surface area (Å²) in [6.07, 6.45) is 0. The van der Waals surface area contributed by atoms with Crippen molar-refractivity contribution in [2.45, 2.75) is 30.6 Å². The van der Waals surface area contributed by atoms with Crippen molar-refractivity contribution < 1.29 is 21.6 Å². The molecule has 8 nitrogen and oxygen atoms in total. The number of hydrogen-bond donors (Lipinski definition) is 3. The topological polar surface area (TPSA) is 121 Å². The third-order valence-corrected chi connectivity index (χ3v) is 9.02. The minimum atomic E-state index is -3.89. The van der Waals surface area contributed by atoms with Crippen molar-refractivity contribution >= 4 is 54.6 Å². The fourth-order valence-electron chi connectivity index (χ4n) is 3.74. The molecular weight excluding hydrogens is 558 g/mol. The molecule has 0 unspecified atom stereocenters. The SMILES string of the molecule is Cc1ccc(S(=O)(=O)Nc2cccc(C(=O)Nc3ccc(S(=O)(=O)Nc4cc(Cl)ccc4C)cc3)c2C)cc1. The van der Waals surface area contributed by atoms with E-state index in [1.165, 1.54) is 42.5 Å². The molecule has 0 atom stereocenters. The molecule has 0 radical (unpaired) electrons. The summed E-state index contributed by atoms with van der Waals surface area (Å²) in [5, 5.41) is 3.12. The third kappa shape index (κ3) is 6.59. The van der Waals surface area contributed by atoms with Crippen LogP contribution in [0.15, 0.2) is 94.7 Å². The van der Waals surface area contributed by atoms with Crippen LogP contribution < -0.4 is 14.8 Å². The molecule has 0 spiro atoms. The summed E-state index contributed by atoms with van der Waals surface area (Å²) in [6, 6.07) is 21.8. The van der Waals surface area contributed by atoms with Crippen LogP contribution in [-0.2, 0) is 20.0 Å². The van der Waals surface area contributed by atoms with Gasteiger partial charge in [-0.1, -0.05) is 41.4 Å². The van der Waals surface area contributed by atoms with Crippen LogP contribution in [0, 0.1) is 20.8 Å². The van der Waals surface area contributed by atoms with Crippen molar-refractivity contribution in [3.63, 3.8) is 0 Å². The Labute approximate surface area is 233 Å². The summed E-state index contributed by atoms with van der Waals surface area (Å²) >= 11 is 5.99. The van der Waals surface area contributed by atoms with Crippen LogP contribution >= 0.6 is 11.6 Å². The van der Waals surface area contributed by atoms with Crippen molar-refractivity contribution in [1.29, 1.82) is 0 Å². The predicted molar refractivity (Wildman–Crippen MR) is 155 cm³/mol. The van der Waals surface area contributed by atoms with Gasteiger partial charge in [0.1, 0.15) is 0 Å². The fraction of sp³-hybridized carbons (Fsp3) is 0.107. The van der Waals surface area contributed by atoms with Gasteiger partial charge in [0.05, 0.1) is 21.2 Å². The summed E-state index contributed by atoms with van der Waals surface area (Å²) in [7, 11) is -7.74. The van der Waals surface area contributed by atoms with E-state index in [0.29, 0.717) is 27.5 Å². The Hall–Kier alpha value is -3.86. The zero-order chi connectivity index (χ0) is 28.4. The lowest BCUT2D eigenvalue weighted by molar-refractivity contribution is 0.102. The number of rotatable bonds is 8. The number of sulfonamides is 2. The van der Waals surface area contributed by atoms with E-state index in [9.17, 15) is 21.6 Å². The molecule has 4 aromatic rings. The van der Waals surface area contributed by atoms with Gasteiger partial charge in [-0.3, -0.25) is 14.2 Å². The highest BCUT2D eigenvalue weighted by molar-refractivity contribution is 7.93. The lowest BCUT2D eigenvalue weighted by atomic mass is 10.1. The second-order valence-corrected chi connectivity index (χ2v) is 12.7. The van der Waals surface area contributed by atoms with Crippen LogP contribution in [0.25, 0.3) is 0 Å². The highest BCUT2D eigenvalue weighted by atomic mass is 35.5. The molecule has 0 aliphatic carbocycles. The number of amides is 1. The Bertz CT molecular complexity index is 1750. The number of halogens is 1. The maximum Gasteiger partial charge on any atom is 0.261 e. The van der Waals surface area contributed by atoms with Crippen molar-refractivity contribution in [3.05, 3.63) is 112 Å². The Morgan fingerprint density at radius 3 is 1.87 bits per heavy atom. The molecule has 3 N–H and O–H groups in total. The van der Waals surface area contributed by atoms with Crippen molar-refractivity contribution in [2.75, 3.05) is 14.8 Å². The predicted octanol–water partition coefficient (Wildman–Crippen LogP) is 6.12. The third-order valence-electron chi connectivity index (χ3n) is 6.02. The van der Waals surface area contributed by atoms with Crippen molar-refractivity contribution in [2.24, 2.45) is 0 Å². The lowest BCUT2D eigenvalue weighted by Gasteiger charge is -2.14. The summed E-state index contributed by atoms with van der Waals surface area (Å²) in [5.41, 5.74) is 3.34. The summed E-state index contributed by atoms with van der Waals surface area (Å²) < 4.78 is 56.4. The van der Waals surface area contributed by atoms with Crippen LogP contribution in [0.4, 0.5) is 17.1 Å². The Kier molecular flexibility index (Phi) is 8.01. The van der Waals surface area contributed by atoms with E-state index in [0.717, 1.165) is 5.56 Å². The molecule has 1 amide bonds. The summed E-state index contributed by atoms with van der Waals surface area (Å²) in [6.45, 7) is 5.26. The number of anilines is 3. The molecule has 39 heavy (non-hydrogen) atoms. The van der Waals surface area contributed by atoms with Gasteiger partial charge in [-0.2, -0.15) is 0 Å². The van der Waals surface area contributed by atoms with E-state index < -0.39 is 26.0 Å². The van der Waals surface area contributed by atoms with Gasteiger partial charge in [0.2, 0.25) is 0 Å². The zero-order valence-electron chi connectivity index (χ0n) is 21.3. The van der Waals surface area contributed by atoms with E-state index in [1.54, 1.807) is 56.3 Å². The van der Waals surface area contributed by atoms with E-state index in [4.69, 9.17) is 11.6 Å². The van der Waals surface area contributed by atoms with E-state index >= 15 is 0 Å². The van der Waals surface area contributed by atoms with Gasteiger partial charge >= 0.3 is 0 Å². The lowest BCUT2D eigenvalue weighted by Crippen LogP contribution is -2.17. The average molecular weight is 584 g/mol. The molecule has 0 aromatic heterocycles. The molecular formula is C28H26ClN3O5S2. The summed E-state index contributed by atoms with van der Waals surface area (Å²) in [4.78, 5) is 13.1. The van der Waals surface area contributed by atoms with E-state index in [2.05, 4.69) is 14.8 Å². The maximum atomic E-state index is 13.0. The second kappa shape index (κ2) is 11.1. The van der Waals surface area contributed by atoms with E-state index in [1.807, 2.05) is 6.92 Å². The first kappa shape index (κ1) is 28.2. The van der Waals surface area contributed by atoms with Crippen LogP contribution in [0.5, 0.6) is 0 Å². The molecule has 0 bridgehead atoms. The molecule has 0 saturated heterocycles. The number of carbonyl (C=O) groups is 1. The molecule has 0 heterocycles. The minimum absolute atomic E-state index is 0.00330. The van der Waals surface area contributed by atoms with Crippen LogP contribution in [0.2, 0.25) is 5.02 Å². The standard InChI is InChI=1S/C28H26ClN3O5S2/c1-18-7-13-23(14-8-18)38(34,35)31-26-6-4-5-25(20(26)3)28(33)30-22-11-15-24(16-12-22)39(36,37)32-27-17-21(29)10-9-19(27)2/h4-17,31-32H,1-3H3,(H,30,33). The van der Waals surface area contributed by atoms with Crippen LogP contribution in [0.3, 0.4) is 0 Å². The van der Waals surface area contributed by atoms with Gasteiger partial charge in [-0.15, -0.1) is 0 Å². The Morgan fingerprint density at radius 1 is 0.692 bits per heavy atom. The minimum Gasteiger partial charge on any atom is -0.322 e. The quantitative estimate of drug-likeness (QED) is 0.231. The largest absolute Gasteiger partial charge is 0.322 e. The van der Waals surface area contributed by atoms with Crippen LogP contribution in [0.1, 0.15) is 27.0 Å². The first-order chi connectivity index (χ1) is 18.4. The average Bonchev–Trinajstić information content (AvgIpc) is 2.88. The highest BCUT2D eigenvalue weighted by Crippen LogP contribution is 2.26. The molecule has 4 aromatic carbocycles. The molecule has 202 valence electrons. The number of nitrogens with one attached hydrogen (secondary N) is 3. The van der Waals surface area contributed by atoms with Crippen molar-refractivity contribution in [1.82, 2.24) is 0 Å². The van der Waals surface area contributed by atoms with Crippen LogP contribution in [-0.4, -0.2) is 22.7 Å². The molecule has 0 aliphatic rings. The Morgan fingerprint density at radius 2 is 1.26 bits per heavy atom. The summed E-state index contributed by atoms with van der Waals surface area (Å²) in [5.74, 6) is -0.479. The molecule has 4 rings (SSSR count). The smallest absolute Gasteiger partial charge is 0.261 e. The second-order valence-electron chi connectivity index (χ2n) is 8.94. The first-order valence-corrected chi connectivity index (χ1v) is 15.1. The Balaban J connectivity index is 1.49. The van der Waals surface area contributed by atoms with Gasteiger partial charge in [0.25, 0.3) is 26.0 Å². The number of hydrogen-bond acceptors (Lipinski definition) is 5. The molecule has 0 saturated carbocycles. The first-order valence-electron chi connectivity index (χ1n) is 11.8. The van der Waals surface area contributed by atoms with E-state index in [-0.39, 0.29) is 21.0 Å². The maximum absolute atomic E-state index is 13.0. The number of benzene rings is 4.